The van der Waals surface area contributed by atoms with E-state index in [1.165, 1.54) is 0 Å². The highest BCUT2D eigenvalue weighted by molar-refractivity contribution is 5.80. The number of hydrogen-bond donors (Lipinski definition) is 1. The third kappa shape index (κ3) is 2.20. The Labute approximate surface area is 100 Å². The summed E-state index contributed by atoms with van der Waals surface area (Å²) < 4.78 is 10.7. The van der Waals surface area contributed by atoms with Crippen molar-refractivity contribution >= 4 is 5.97 Å². The Morgan fingerprint density at radius 1 is 1.59 bits per heavy atom. The third-order valence-corrected chi connectivity index (χ3v) is 2.96. The molecule has 1 aromatic carbocycles. The van der Waals surface area contributed by atoms with E-state index in [4.69, 9.17) is 9.47 Å². The van der Waals surface area contributed by atoms with Crippen LogP contribution in [0.3, 0.4) is 0 Å². The minimum atomic E-state index is -0.917. The summed E-state index contributed by atoms with van der Waals surface area (Å²) in [6, 6.07) is 4.90. The number of fused-ring (bicyclic) bond motifs is 1. The van der Waals surface area contributed by atoms with Crippen molar-refractivity contribution in [3.8, 4) is 11.5 Å². The van der Waals surface area contributed by atoms with E-state index >= 15 is 0 Å². The Morgan fingerprint density at radius 3 is 3.06 bits per heavy atom. The van der Waals surface area contributed by atoms with E-state index < -0.39 is 5.60 Å². The van der Waals surface area contributed by atoms with Crippen molar-refractivity contribution in [3.05, 3.63) is 23.8 Å². The van der Waals surface area contributed by atoms with Crippen LogP contribution in [0.2, 0.25) is 0 Å². The fourth-order valence-electron chi connectivity index (χ4n) is 1.96. The first-order valence-corrected chi connectivity index (χ1v) is 5.73. The molecule has 1 aromatic rings. The van der Waals surface area contributed by atoms with Crippen LogP contribution in [-0.2, 0) is 16.0 Å². The van der Waals surface area contributed by atoms with Crippen LogP contribution in [-0.4, -0.2) is 23.3 Å². The van der Waals surface area contributed by atoms with Crippen molar-refractivity contribution in [2.75, 3.05) is 6.61 Å². The minimum absolute atomic E-state index is 0.215. The van der Waals surface area contributed by atoms with E-state index in [-0.39, 0.29) is 11.7 Å². The van der Waals surface area contributed by atoms with E-state index in [9.17, 15) is 9.90 Å². The average Bonchev–Trinajstić information content (AvgIpc) is 2.30. The molecule has 0 aliphatic carbocycles. The molecule has 0 radical (unpaired) electrons. The van der Waals surface area contributed by atoms with E-state index in [1.54, 1.807) is 32.0 Å². The third-order valence-electron chi connectivity index (χ3n) is 2.96. The molecule has 4 nitrogen and oxygen atoms in total. The zero-order chi connectivity index (χ0) is 12.5. The van der Waals surface area contributed by atoms with E-state index in [2.05, 4.69) is 0 Å². The zero-order valence-corrected chi connectivity index (χ0v) is 10.0. The van der Waals surface area contributed by atoms with Gasteiger partial charge >= 0.3 is 5.97 Å². The number of aromatic hydroxyl groups is 1. The highest BCUT2D eigenvalue weighted by Gasteiger charge is 2.40. The molecule has 0 aromatic heterocycles. The molecule has 0 amide bonds. The number of benzene rings is 1. The molecular weight excluding hydrogens is 220 g/mol. The van der Waals surface area contributed by atoms with Crippen molar-refractivity contribution < 1.29 is 19.4 Å². The molecule has 2 rings (SSSR count). The molecule has 4 heteroatoms. The zero-order valence-electron chi connectivity index (χ0n) is 10.0. The molecule has 0 spiro atoms. The molecule has 0 saturated heterocycles. The van der Waals surface area contributed by atoms with Gasteiger partial charge in [0.1, 0.15) is 11.5 Å². The second kappa shape index (κ2) is 4.28. The van der Waals surface area contributed by atoms with Gasteiger partial charge in [0.15, 0.2) is 0 Å². The largest absolute Gasteiger partial charge is 0.508 e. The van der Waals surface area contributed by atoms with Gasteiger partial charge in [0.25, 0.3) is 0 Å². The van der Waals surface area contributed by atoms with Crippen LogP contribution in [0, 0.1) is 0 Å². The van der Waals surface area contributed by atoms with Crippen LogP contribution in [0.15, 0.2) is 18.2 Å². The van der Waals surface area contributed by atoms with Gasteiger partial charge in [0, 0.05) is 6.42 Å². The molecule has 92 valence electrons. The Bertz CT molecular complexity index is 441. The second-order valence-corrected chi connectivity index (χ2v) is 4.35. The van der Waals surface area contributed by atoms with Crippen molar-refractivity contribution in [1.82, 2.24) is 0 Å². The first-order valence-electron chi connectivity index (χ1n) is 5.73. The maximum atomic E-state index is 11.8. The maximum Gasteiger partial charge on any atom is 0.350 e. The lowest BCUT2D eigenvalue weighted by Crippen LogP contribution is -2.45. The summed E-state index contributed by atoms with van der Waals surface area (Å²) in [6.07, 6.45) is 1.25. The van der Waals surface area contributed by atoms with Crippen LogP contribution in [0.25, 0.3) is 0 Å². The average molecular weight is 236 g/mol. The number of ether oxygens (including phenoxy) is 2. The van der Waals surface area contributed by atoms with Gasteiger partial charge in [0.05, 0.1) is 6.61 Å². The fourth-order valence-corrected chi connectivity index (χ4v) is 1.96. The van der Waals surface area contributed by atoms with Crippen LogP contribution in [0.4, 0.5) is 0 Å². The lowest BCUT2D eigenvalue weighted by atomic mass is 9.92. The molecule has 1 aliphatic heterocycles. The number of hydrogen-bond acceptors (Lipinski definition) is 4. The molecule has 1 heterocycles. The molecule has 0 bridgehead atoms. The van der Waals surface area contributed by atoms with Gasteiger partial charge in [-0.2, -0.15) is 0 Å². The van der Waals surface area contributed by atoms with Gasteiger partial charge in [-0.1, -0.05) is 0 Å². The van der Waals surface area contributed by atoms with Crippen LogP contribution < -0.4 is 4.74 Å². The van der Waals surface area contributed by atoms with Gasteiger partial charge in [-0.3, -0.25) is 0 Å². The SMILES string of the molecule is CCOC(=O)C1(C)CCc2cc(O)ccc2O1. The van der Waals surface area contributed by atoms with Crippen LogP contribution in [0.1, 0.15) is 25.8 Å². The summed E-state index contributed by atoms with van der Waals surface area (Å²) >= 11 is 0. The first kappa shape index (κ1) is 11.8. The fraction of sp³-hybridized carbons (Fsp3) is 0.462. The van der Waals surface area contributed by atoms with Gasteiger partial charge in [-0.15, -0.1) is 0 Å². The lowest BCUT2D eigenvalue weighted by molar-refractivity contribution is -0.161. The van der Waals surface area contributed by atoms with Crippen molar-refractivity contribution in [3.63, 3.8) is 0 Å². The number of phenolic OH excluding ortho intramolecular Hbond substituents is 1. The van der Waals surface area contributed by atoms with Crippen LogP contribution >= 0.6 is 0 Å². The first-order chi connectivity index (χ1) is 8.05. The van der Waals surface area contributed by atoms with Gasteiger partial charge in [-0.05, 0) is 44.0 Å². The normalized spacial score (nSPS) is 22.5. The van der Waals surface area contributed by atoms with Gasteiger partial charge < -0.3 is 14.6 Å². The standard InChI is InChI=1S/C13H16O4/c1-3-16-12(15)13(2)7-6-9-8-10(14)4-5-11(9)17-13/h4-5,8,14H,3,6-7H2,1-2H3. The number of aryl methyl sites for hydroxylation is 1. The molecule has 1 aliphatic rings. The summed E-state index contributed by atoms with van der Waals surface area (Å²) in [5, 5.41) is 9.36. The van der Waals surface area contributed by atoms with E-state index in [0.717, 1.165) is 5.56 Å². The van der Waals surface area contributed by atoms with Crippen molar-refractivity contribution in [2.24, 2.45) is 0 Å². The summed E-state index contributed by atoms with van der Waals surface area (Å²) in [6.45, 7) is 3.86. The maximum absolute atomic E-state index is 11.8. The number of carbonyl (C=O) groups is 1. The predicted octanol–water partition coefficient (Wildman–Crippen LogP) is 2.04. The quantitative estimate of drug-likeness (QED) is 0.798. The minimum Gasteiger partial charge on any atom is -0.508 e. The van der Waals surface area contributed by atoms with Gasteiger partial charge in [0.2, 0.25) is 5.60 Å². The number of carbonyl (C=O) groups excluding carboxylic acids is 1. The Hall–Kier alpha value is -1.71. The van der Waals surface area contributed by atoms with Crippen LogP contribution in [0.5, 0.6) is 11.5 Å². The summed E-state index contributed by atoms with van der Waals surface area (Å²) in [4.78, 5) is 11.8. The molecular formula is C13H16O4. The lowest BCUT2D eigenvalue weighted by Gasteiger charge is -2.33. The summed E-state index contributed by atoms with van der Waals surface area (Å²) in [5.41, 5.74) is 0.00625. The molecule has 0 saturated carbocycles. The Morgan fingerprint density at radius 2 is 2.35 bits per heavy atom. The highest BCUT2D eigenvalue weighted by Crippen LogP contribution is 2.35. The van der Waals surface area contributed by atoms with E-state index in [1.807, 2.05) is 0 Å². The Balaban J connectivity index is 2.23. The summed E-state index contributed by atoms with van der Waals surface area (Å²) in [5.74, 6) is 0.524. The second-order valence-electron chi connectivity index (χ2n) is 4.35. The summed E-state index contributed by atoms with van der Waals surface area (Å²) in [7, 11) is 0. The molecule has 17 heavy (non-hydrogen) atoms. The number of phenols is 1. The van der Waals surface area contributed by atoms with Crippen molar-refractivity contribution in [1.29, 1.82) is 0 Å². The molecule has 0 fully saturated rings. The predicted molar refractivity (Wildman–Crippen MR) is 62.1 cm³/mol. The number of esters is 1. The van der Waals surface area contributed by atoms with E-state index in [0.29, 0.717) is 25.2 Å². The molecule has 1 unspecified atom stereocenters. The smallest absolute Gasteiger partial charge is 0.350 e. The number of rotatable bonds is 2. The van der Waals surface area contributed by atoms with Crippen molar-refractivity contribution in [2.45, 2.75) is 32.3 Å². The van der Waals surface area contributed by atoms with Gasteiger partial charge in [-0.25, -0.2) is 4.79 Å². The Kier molecular flexibility index (Phi) is 2.96. The highest BCUT2D eigenvalue weighted by atomic mass is 16.6. The monoisotopic (exact) mass is 236 g/mol. The molecule has 1 atom stereocenters. The molecule has 1 N–H and O–H groups in total. The topological polar surface area (TPSA) is 55.8 Å².